The Morgan fingerprint density at radius 3 is 0.750 bits per heavy atom. The third-order valence-electron chi connectivity index (χ3n) is 5.99. The fourth-order valence-corrected chi connectivity index (χ4v) is 3.39. The van der Waals surface area contributed by atoms with Crippen LogP contribution in [0.1, 0.15) is 103 Å². The SMILES string of the molecule is CC.CC.CC.CC.CC.Cc1ccc(-c2ccc(OF)cc2)cc1.Cc1ccc(CF)cc1.Cc1ccc(CF)cc1.Cc1ccc(OF)cc1. The summed E-state index contributed by atoms with van der Waals surface area (Å²) in [4.78, 5) is 7.09. The normalized spacial score (nSPS) is 8.35. The quantitative estimate of drug-likeness (QED) is 0.168. The summed E-state index contributed by atoms with van der Waals surface area (Å²) in [7, 11) is 0. The lowest BCUT2D eigenvalue weighted by molar-refractivity contribution is -0.00621. The maximum absolute atomic E-state index is 11.9. The smallest absolute Gasteiger partial charge is 0.171 e. The molecule has 290 valence electrons. The second-order valence-electron chi connectivity index (χ2n) is 9.60. The predicted octanol–water partition coefficient (Wildman–Crippen LogP) is 16.2. The maximum Gasteiger partial charge on any atom is 0.171 e. The van der Waals surface area contributed by atoms with Crippen LogP contribution in [0.25, 0.3) is 11.1 Å². The van der Waals surface area contributed by atoms with Crippen LogP contribution in [0.5, 0.6) is 11.5 Å². The van der Waals surface area contributed by atoms with Gasteiger partial charge >= 0.3 is 0 Å². The van der Waals surface area contributed by atoms with E-state index in [4.69, 9.17) is 0 Å². The molecule has 0 heterocycles. The summed E-state index contributed by atoms with van der Waals surface area (Å²) < 4.78 is 46.9. The van der Waals surface area contributed by atoms with Gasteiger partial charge in [0.1, 0.15) is 13.3 Å². The van der Waals surface area contributed by atoms with Crippen molar-refractivity contribution in [2.24, 2.45) is 0 Å². The number of hydrogen-bond donors (Lipinski definition) is 0. The van der Waals surface area contributed by atoms with Gasteiger partial charge in [0.15, 0.2) is 11.5 Å². The van der Waals surface area contributed by atoms with Gasteiger partial charge in [-0.2, -0.15) is 0 Å². The van der Waals surface area contributed by atoms with Gasteiger partial charge in [0.25, 0.3) is 0 Å². The summed E-state index contributed by atoms with van der Waals surface area (Å²) >= 11 is 0. The van der Waals surface area contributed by atoms with Crippen LogP contribution in [-0.2, 0) is 13.3 Å². The Morgan fingerprint density at radius 1 is 0.327 bits per heavy atom. The Hall–Kier alpha value is -4.58. The van der Waals surface area contributed by atoms with Crippen molar-refractivity contribution >= 4 is 0 Å². The first kappa shape index (κ1) is 54.2. The number of rotatable bonds is 5. The minimum absolute atomic E-state index is 0.228. The Morgan fingerprint density at radius 2 is 0.519 bits per heavy atom. The lowest BCUT2D eigenvalue weighted by Gasteiger charge is -2.02. The minimum atomic E-state index is -0.361. The molecule has 2 nitrogen and oxygen atoms in total. The molecule has 0 aliphatic heterocycles. The molecule has 0 N–H and O–H groups in total. The van der Waals surface area contributed by atoms with Crippen LogP contribution in [0.15, 0.2) is 121 Å². The Labute approximate surface area is 314 Å². The fraction of sp³-hybridized carbons (Fsp3) is 0.348. The van der Waals surface area contributed by atoms with Crippen molar-refractivity contribution in [1.29, 1.82) is 0 Å². The van der Waals surface area contributed by atoms with Crippen LogP contribution in [0, 0.1) is 27.7 Å². The summed E-state index contributed by atoms with van der Waals surface area (Å²) in [5.74, 6) is 0.478. The molecule has 0 bridgehead atoms. The topological polar surface area (TPSA) is 18.5 Å². The highest BCUT2D eigenvalue weighted by Crippen LogP contribution is 2.22. The summed E-state index contributed by atoms with van der Waals surface area (Å²) in [6, 6.07) is 36.6. The van der Waals surface area contributed by atoms with E-state index in [9.17, 15) is 17.8 Å². The van der Waals surface area contributed by atoms with Crippen LogP contribution < -0.4 is 9.88 Å². The molecule has 0 fully saturated rings. The molecule has 0 saturated carbocycles. The fourth-order valence-electron chi connectivity index (χ4n) is 3.39. The Balaban J connectivity index is -0.000000278. The van der Waals surface area contributed by atoms with Gasteiger partial charge in [-0.3, -0.25) is 9.88 Å². The van der Waals surface area contributed by atoms with E-state index in [0.29, 0.717) is 0 Å². The predicted molar refractivity (Wildman–Crippen MR) is 220 cm³/mol. The van der Waals surface area contributed by atoms with Crippen LogP contribution in [0.2, 0.25) is 0 Å². The highest BCUT2D eigenvalue weighted by molar-refractivity contribution is 5.64. The molecular formula is C46H66F4O2. The number of benzene rings is 5. The Bertz CT molecular complexity index is 1290. The van der Waals surface area contributed by atoms with Gasteiger partial charge in [0.05, 0.1) is 0 Å². The van der Waals surface area contributed by atoms with Crippen molar-refractivity contribution in [2.75, 3.05) is 0 Å². The zero-order chi connectivity index (χ0) is 40.7. The van der Waals surface area contributed by atoms with E-state index in [-0.39, 0.29) is 24.8 Å². The average molecular weight is 727 g/mol. The second-order valence-corrected chi connectivity index (χ2v) is 9.60. The lowest BCUT2D eigenvalue weighted by atomic mass is 10.0. The van der Waals surface area contributed by atoms with E-state index < -0.39 is 0 Å². The number of halogens is 4. The van der Waals surface area contributed by atoms with Gasteiger partial charge in [0.2, 0.25) is 0 Å². The lowest BCUT2D eigenvalue weighted by Crippen LogP contribution is -1.80. The van der Waals surface area contributed by atoms with Crippen LogP contribution in [0.3, 0.4) is 0 Å². The van der Waals surface area contributed by atoms with Crippen molar-refractivity contribution in [3.05, 3.63) is 155 Å². The molecular weight excluding hydrogens is 660 g/mol. The van der Waals surface area contributed by atoms with Gasteiger partial charge in [-0.05, 0) is 74.2 Å². The van der Waals surface area contributed by atoms with Gasteiger partial charge in [0, 0.05) is 9.05 Å². The summed E-state index contributed by atoms with van der Waals surface area (Å²) in [6.45, 7) is 27.2. The Kier molecular flexibility index (Phi) is 40.9. The zero-order valence-electron chi connectivity index (χ0n) is 34.3. The highest BCUT2D eigenvalue weighted by atomic mass is 19.3. The van der Waals surface area contributed by atoms with Gasteiger partial charge in [-0.15, -0.1) is 0 Å². The van der Waals surface area contributed by atoms with E-state index in [2.05, 4.69) is 22.0 Å². The van der Waals surface area contributed by atoms with E-state index in [1.807, 2.05) is 145 Å². The molecule has 0 aromatic heterocycles. The average Bonchev–Trinajstić information content (AvgIpc) is 3.23. The van der Waals surface area contributed by atoms with Crippen LogP contribution in [-0.4, -0.2) is 0 Å². The first-order valence-corrected chi connectivity index (χ1v) is 18.3. The summed E-state index contributed by atoms with van der Waals surface area (Å²) in [6.07, 6.45) is 0. The molecule has 0 atom stereocenters. The first-order valence-electron chi connectivity index (χ1n) is 18.3. The molecule has 5 aromatic rings. The van der Waals surface area contributed by atoms with Crippen molar-refractivity contribution < 1.29 is 27.7 Å². The van der Waals surface area contributed by atoms with E-state index in [1.165, 1.54) is 16.7 Å². The standard InChI is InChI=1S/C13H11FO.2C8H9F.C7H7FO.5C2H6/c1-10-2-4-11(5-3-10)12-6-8-13(15-14)9-7-12;2*1-7-2-4-8(6-9)5-3-7;1-6-2-4-7(9-8)5-3-6;5*1-2/h2-9H,1H3;2*2-5H,6H2,1H3;2-5H,1H3;5*1-2H3. The van der Waals surface area contributed by atoms with Crippen LogP contribution in [0.4, 0.5) is 17.8 Å². The molecule has 0 saturated heterocycles. The van der Waals surface area contributed by atoms with Gasteiger partial charge in [-0.1, -0.05) is 189 Å². The number of aryl methyl sites for hydroxylation is 4. The molecule has 0 aliphatic carbocycles. The molecule has 0 unspecified atom stereocenters. The molecule has 0 spiro atoms. The summed E-state index contributed by atoms with van der Waals surface area (Å²) in [5.41, 5.74) is 8.33. The monoisotopic (exact) mass is 726 g/mol. The highest BCUT2D eigenvalue weighted by Gasteiger charge is 1.98. The molecule has 0 radical (unpaired) electrons. The second kappa shape index (κ2) is 39.2. The molecule has 0 amide bonds. The third-order valence-corrected chi connectivity index (χ3v) is 5.99. The first-order chi connectivity index (χ1) is 25.3. The molecule has 0 aliphatic rings. The van der Waals surface area contributed by atoms with Crippen molar-refractivity contribution in [1.82, 2.24) is 0 Å². The van der Waals surface area contributed by atoms with E-state index >= 15 is 0 Å². The van der Waals surface area contributed by atoms with E-state index in [1.54, 1.807) is 60.7 Å². The van der Waals surface area contributed by atoms with E-state index in [0.717, 1.165) is 27.8 Å². The molecule has 52 heavy (non-hydrogen) atoms. The number of hydrogen-bond acceptors (Lipinski definition) is 2. The summed E-state index contributed by atoms with van der Waals surface area (Å²) in [5, 5.41) is 0. The van der Waals surface area contributed by atoms with Gasteiger partial charge < -0.3 is 0 Å². The largest absolute Gasteiger partial charge is 0.294 e. The van der Waals surface area contributed by atoms with Crippen molar-refractivity contribution in [3.8, 4) is 22.6 Å². The van der Waals surface area contributed by atoms with Crippen LogP contribution >= 0.6 is 0 Å². The molecule has 6 heteroatoms. The minimum Gasteiger partial charge on any atom is -0.294 e. The van der Waals surface area contributed by atoms with Crippen molar-refractivity contribution in [2.45, 2.75) is 110 Å². The third kappa shape index (κ3) is 27.2. The number of alkyl halides is 2. The molecule has 5 aromatic carbocycles. The zero-order valence-corrected chi connectivity index (χ0v) is 34.3. The van der Waals surface area contributed by atoms with Gasteiger partial charge in [-0.25, -0.2) is 8.78 Å². The maximum atomic E-state index is 11.9. The molecule has 5 rings (SSSR count). The van der Waals surface area contributed by atoms with Crippen molar-refractivity contribution in [3.63, 3.8) is 0 Å².